The third kappa shape index (κ3) is 1.65. The van der Waals surface area contributed by atoms with Crippen molar-refractivity contribution in [2.45, 2.75) is 25.3 Å². The van der Waals surface area contributed by atoms with Gasteiger partial charge in [0.1, 0.15) is 11.6 Å². The third-order valence-corrected chi connectivity index (χ3v) is 3.12. The lowest BCUT2D eigenvalue weighted by Crippen LogP contribution is -2.27. The summed E-state index contributed by atoms with van der Waals surface area (Å²) in [4.78, 5) is 7.82. The molecule has 4 heteroatoms. The van der Waals surface area contributed by atoms with Crippen LogP contribution in [0, 0.1) is 0 Å². The molecule has 0 aliphatic carbocycles. The zero-order valence-electron chi connectivity index (χ0n) is 9.03. The largest absolute Gasteiger partial charge is 0.508 e. The molecule has 1 aromatic heterocycles. The van der Waals surface area contributed by atoms with E-state index in [2.05, 4.69) is 15.3 Å². The molecule has 1 atom stereocenters. The van der Waals surface area contributed by atoms with E-state index in [-0.39, 0.29) is 5.75 Å². The van der Waals surface area contributed by atoms with Gasteiger partial charge < -0.3 is 15.4 Å². The molecule has 0 amide bonds. The quantitative estimate of drug-likeness (QED) is 0.685. The first kappa shape index (κ1) is 9.66. The highest BCUT2D eigenvalue weighted by atomic mass is 16.3. The molecule has 1 saturated heterocycles. The van der Waals surface area contributed by atoms with Crippen molar-refractivity contribution in [3.05, 3.63) is 24.0 Å². The maximum Gasteiger partial charge on any atom is 0.124 e. The highest BCUT2D eigenvalue weighted by molar-refractivity contribution is 5.76. The minimum atomic E-state index is 0.277. The number of rotatable bonds is 1. The molecule has 4 nitrogen and oxygen atoms in total. The number of imidazole rings is 1. The minimum absolute atomic E-state index is 0.277. The zero-order valence-corrected chi connectivity index (χ0v) is 9.03. The Morgan fingerprint density at radius 3 is 3.06 bits per heavy atom. The maximum atomic E-state index is 9.39. The van der Waals surface area contributed by atoms with E-state index in [1.54, 1.807) is 12.1 Å². The number of nitrogens with one attached hydrogen (secondary N) is 2. The van der Waals surface area contributed by atoms with Crippen molar-refractivity contribution in [3.63, 3.8) is 0 Å². The number of aromatic hydroxyl groups is 1. The van der Waals surface area contributed by atoms with Gasteiger partial charge in [0.15, 0.2) is 0 Å². The number of phenols is 1. The summed E-state index contributed by atoms with van der Waals surface area (Å²) in [5.74, 6) is 1.26. The van der Waals surface area contributed by atoms with Gasteiger partial charge in [-0.1, -0.05) is 6.42 Å². The average Bonchev–Trinajstić information content (AvgIpc) is 2.73. The monoisotopic (exact) mass is 217 g/mol. The molecular formula is C12H15N3O. The van der Waals surface area contributed by atoms with E-state index in [1.165, 1.54) is 12.8 Å². The van der Waals surface area contributed by atoms with E-state index in [9.17, 15) is 5.11 Å². The van der Waals surface area contributed by atoms with Crippen molar-refractivity contribution < 1.29 is 5.11 Å². The first-order valence-corrected chi connectivity index (χ1v) is 5.75. The first-order valence-electron chi connectivity index (χ1n) is 5.75. The zero-order chi connectivity index (χ0) is 11.0. The molecule has 16 heavy (non-hydrogen) atoms. The van der Waals surface area contributed by atoms with Crippen molar-refractivity contribution in [2.75, 3.05) is 6.54 Å². The van der Waals surface area contributed by atoms with E-state index in [1.807, 2.05) is 6.07 Å². The van der Waals surface area contributed by atoms with Gasteiger partial charge in [0.05, 0.1) is 17.1 Å². The van der Waals surface area contributed by atoms with Gasteiger partial charge in [-0.2, -0.15) is 0 Å². The van der Waals surface area contributed by atoms with Gasteiger partial charge in [-0.15, -0.1) is 0 Å². The summed E-state index contributed by atoms with van der Waals surface area (Å²) in [5.41, 5.74) is 1.82. The van der Waals surface area contributed by atoms with Crippen LogP contribution >= 0.6 is 0 Å². The minimum Gasteiger partial charge on any atom is -0.508 e. The van der Waals surface area contributed by atoms with Crippen LogP contribution < -0.4 is 5.32 Å². The van der Waals surface area contributed by atoms with Gasteiger partial charge in [-0.25, -0.2) is 4.98 Å². The van der Waals surface area contributed by atoms with Crippen LogP contribution in [0.1, 0.15) is 31.1 Å². The Labute approximate surface area is 93.7 Å². The van der Waals surface area contributed by atoms with Crippen LogP contribution in [-0.2, 0) is 0 Å². The van der Waals surface area contributed by atoms with Crippen molar-refractivity contribution in [1.82, 2.24) is 15.3 Å². The smallest absolute Gasteiger partial charge is 0.124 e. The SMILES string of the molecule is Oc1ccc2nc(C3CCCCN3)[nH]c2c1. The van der Waals surface area contributed by atoms with Crippen LogP contribution in [0.5, 0.6) is 5.75 Å². The molecule has 3 rings (SSSR count). The van der Waals surface area contributed by atoms with Crippen molar-refractivity contribution in [2.24, 2.45) is 0 Å². The molecule has 1 aliphatic rings. The molecular weight excluding hydrogens is 202 g/mol. The van der Waals surface area contributed by atoms with Crippen molar-refractivity contribution in [3.8, 4) is 5.75 Å². The number of benzene rings is 1. The fraction of sp³-hybridized carbons (Fsp3) is 0.417. The summed E-state index contributed by atoms with van der Waals surface area (Å²) >= 11 is 0. The second-order valence-corrected chi connectivity index (χ2v) is 4.33. The molecule has 0 saturated carbocycles. The van der Waals surface area contributed by atoms with Gasteiger partial charge >= 0.3 is 0 Å². The second kappa shape index (κ2) is 3.79. The van der Waals surface area contributed by atoms with Gasteiger partial charge in [0.2, 0.25) is 0 Å². The number of nitrogens with zero attached hydrogens (tertiary/aromatic N) is 1. The molecule has 84 valence electrons. The van der Waals surface area contributed by atoms with Crippen molar-refractivity contribution in [1.29, 1.82) is 0 Å². The Morgan fingerprint density at radius 2 is 2.25 bits per heavy atom. The van der Waals surface area contributed by atoms with E-state index >= 15 is 0 Å². The summed E-state index contributed by atoms with van der Waals surface area (Å²) in [6.07, 6.45) is 3.63. The van der Waals surface area contributed by atoms with Crippen LogP contribution in [0.2, 0.25) is 0 Å². The summed E-state index contributed by atoms with van der Waals surface area (Å²) in [6, 6.07) is 5.56. The molecule has 1 aliphatic heterocycles. The van der Waals surface area contributed by atoms with Crippen LogP contribution in [0.25, 0.3) is 11.0 Å². The van der Waals surface area contributed by atoms with Crippen molar-refractivity contribution >= 4 is 11.0 Å². The fourth-order valence-corrected chi connectivity index (χ4v) is 2.27. The van der Waals surface area contributed by atoms with E-state index < -0.39 is 0 Å². The van der Waals surface area contributed by atoms with Gasteiger partial charge in [0, 0.05) is 6.07 Å². The number of hydrogen-bond donors (Lipinski definition) is 3. The summed E-state index contributed by atoms with van der Waals surface area (Å²) in [6.45, 7) is 1.06. The van der Waals surface area contributed by atoms with Gasteiger partial charge in [-0.3, -0.25) is 0 Å². The predicted octanol–water partition coefficient (Wildman–Crippen LogP) is 2.08. The summed E-state index contributed by atoms with van der Waals surface area (Å²) in [5, 5.41) is 12.8. The highest BCUT2D eigenvalue weighted by Gasteiger charge is 2.17. The predicted molar refractivity (Wildman–Crippen MR) is 62.4 cm³/mol. The van der Waals surface area contributed by atoms with Gasteiger partial charge in [0.25, 0.3) is 0 Å². The second-order valence-electron chi connectivity index (χ2n) is 4.33. The average molecular weight is 217 g/mol. The lowest BCUT2D eigenvalue weighted by molar-refractivity contribution is 0.400. The molecule has 1 aromatic carbocycles. The molecule has 0 bridgehead atoms. The first-order chi connectivity index (χ1) is 7.83. The van der Waals surface area contributed by atoms with Crippen LogP contribution in [0.4, 0.5) is 0 Å². The molecule has 2 heterocycles. The Bertz CT molecular complexity index is 500. The third-order valence-electron chi connectivity index (χ3n) is 3.12. The molecule has 1 unspecified atom stereocenters. The van der Waals surface area contributed by atoms with Crippen LogP contribution in [0.15, 0.2) is 18.2 Å². The molecule has 2 aromatic rings. The standard InChI is InChI=1S/C12H15N3O/c16-8-4-5-9-11(7-8)15-12(14-9)10-3-1-2-6-13-10/h4-5,7,10,13,16H,1-3,6H2,(H,14,15). The summed E-state index contributed by atoms with van der Waals surface area (Å²) in [7, 11) is 0. The number of aromatic nitrogens is 2. The van der Waals surface area contributed by atoms with Crippen LogP contribution in [-0.4, -0.2) is 21.6 Å². The normalized spacial score (nSPS) is 21.4. The fourth-order valence-electron chi connectivity index (χ4n) is 2.27. The number of H-pyrrole nitrogens is 1. The number of hydrogen-bond acceptors (Lipinski definition) is 3. The number of piperidine rings is 1. The molecule has 0 radical (unpaired) electrons. The van der Waals surface area contributed by atoms with Gasteiger partial charge in [-0.05, 0) is 31.5 Å². The van der Waals surface area contributed by atoms with E-state index in [0.29, 0.717) is 6.04 Å². The lowest BCUT2D eigenvalue weighted by atomic mass is 10.0. The Morgan fingerprint density at radius 1 is 1.31 bits per heavy atom. The number of aromatic amines is 1. The summed E-state index contributed by atoms with van der Waals surface area (Å²) < 4.78 is 0. The molecule has 3 N–H and O–H groups in total. The maximum absolute atomic E-state index is 9.39. The molecule has 0 spiro atoms. The van der Waals surface area contributed by atoms with E-state index in [0.717, 1.165) is 29.8 Å². The van der Waals surface area contributed by atoms with E-state index in [4.69, 9.17) is 0 Å². The Hall–Kier alpha value is -1.55. The molecule has 1 fully saturated rings. The lowest BCUT2D eigenvalue weighted by Gasteiger charge is -2.21. The van der Waals surface area contributed by atoms with Crippen LogP contribution in [0.3, 0.4) is 0 Å². The topological polar surface area (TPSA) is 60.9 Å². The Kier molecular flexibility index (Phi) is 2.29. The Balaban J connectivity index is 1.97. The number of fused-ring (bicyclic) bond motifs is 1. The highest BCUT2D eigenvalue weighted by Crippen LogP contribution is 2.24. The number of phenolic OH excluding ortho intramolecular Hbond substituents is 1.